The van der Waals surface area contributed by atoms with E-state index in [4.69, 9.17) is 15.1 Å². The number of furan rings is 1. The zero-order valence-corrected chi connectivity index (χ0v) is 10.5. The minimum Gasteiger partial charge on any atom is -0.461 e. The third-order valence-electron chi connectivity index (χ3n) is 3.64. The maximum atomic E-state index is 5.70. The van der Waals surface area contributed by atoms with Crippen molar-refractivity contribution in [2.45, 2.75) is 25.4 Å². The Morgan fingerprint density at radius 1 is 1.32 bits per heavy atom. The molecule has 0 amide bonds. The third kappa shape index (κ3) is 1.68. The second kappa shape index (κ2) is 3.96. The highest BCUT2D eigenvalue weighted by Gasteiger charge is 2.29. The van der Waals surface area contributed by atoms with Gasteiger partial charge in [0.15, 0.2) is 11.6 Å². The van der Waals surface area contributed by atoms with Crippen LogP contribution in [0, 0.1) is 0 Å². The minimum absolute atomic E-state index is 0.544. The molecular formula is C15H15N3O. The fourth-order valence-corrected chi connectivity index (χ4v) is 2.55. The molecule has 2 N–H and O–H groups in total. The number of nitrogens with zero attached hydrogens (tertiary/aromatic N) is 2. The van der Waals surface area contributed by atoms with E-state index in [1.54, 1.807) is 6.26 Å². The Bertz CT molecular complexity index is 723. The fourth-order valence-electron chi connectivity index (χ4n) is 2.55. The van der Waals surface area contributed by atoms with E-state index in [-0.39, 0.29) is 0 Å². The van der Waals surface area contributed by atoms with Gasteiger partial charge >= 0.3 is 0 Å². The van der Waals surface area contributed by atoms with Gasteiger partial charge in [0.05, 0.1) is 17.3 Å². The van der Waals surface area contributed by atoms with Crippen LogP contribution in [0.25, 0.3) is 22.6 Å². The van der Waals surface area contributed by atoms with Gasteiger partial charge in [0, 0.05) is 12.6 Å². The molecule has 4 heteroatoms. The molecule has 96 valence electrons. The highest BCUT2D eigenvalue weighted by molar-refractivity contribution is 5.81. The van der Waals surface area contributed by atoms with Gasteiger partial charge in [0.1, 0.15) is 0 Å². The lowest BCUT2D eigenvalue weighted by atomic mass is 10.2. The molecule has 4 rings (SSSR count). The van der Waals surface area contributed by atoms with Gasteiger partial charge in [-0.3, -0.25) is 0 Å². The smallest absolute Gasteiger partial charge is 0.177 e. The van der Waals surface area contributed by atoms with Gasteiger partial charge < -0.3 is 14.7 Å². The standard InChI is InChI=1S/C15H15N3O/c16-9-10-3-6-13-12(8-10)17-15(14-2-1-7-19-14)18(13)11-4-5-11/h1-3,6-8,11H,4-5,9,16H2. The zero-order valence-electron chi connectivity index (χ0n) is 10.5. The molecule has 1 aliphatic rings. The van der Waals surface area contributed by atoms with Crippen molar-refractivity contribution in [3.63, 3.8) is 0 Å². The van der Waals surface area contributed by atoms with Crippen molar-refractivity contribution in [2.75, 3.05) is 0 Å². The molecule has 19 heavy (non-hydrogen) atoms. The maximum absolute atomic E-state index is 5.70. The number of hydrogen-bond donors (Lipinski definition) is 1. The van der Waals surface area contributed by atoms with Crippen LogP contribution in [-0.2, 0) is 6.54 Å². The maximum Gasteiger partial charge on any atom is 0.177 e. The van der Waals surface area contributed by atoms with Crippen LogP contribution in [0.1, 0.15) is 24.4 Å². The summed E-state index contributed by atoms with van der Waals surface area (Å²) in [7, 11) is 0. The predicted octanol–water partition coefficient (Wildman–Crippen LogP) is 3.09. The number of aromatic nitrogens is 2. The molecule has 0 unspecified atom stereocenters. The van der Waals surface area contributed by atoms with E-state index in [0.29, 0.717) is 12.6 Å². The van der Waals surface area contributed by atoms with Crippen LogP contribution >= 0.6 is 0 Å². The molecule has 1 aromatic carbocycles. The molecule has 0 spiro atoms. The molecule has 0 saturated heterocycles. The molecule has 1 aliphatic carbocycles. The van der Waals surface area contributed by atoms with Crippen LogP contribution in [0.2, 0.25) is 0 Å². The second-order valence-electron chi connectivity index (χ2n) is 5.04. The molecule has 2 heterocycles. The monoisotopic (exact) mass is 253 g/mol. The Labute approximate surface area is 110 Å². The number of fused-ring (bicyclic) bond motifs is 1. The molecule has 4 nitrogen and oxygen atoms in total. The number of nitrogens with two attached hydrogens (primary N) is 1. The first kappa shape index (κ1) is 10.8. The van der Waals surface area contributed by atoms with Gasteiger partial charge in [0.2, 0.25) is 0 Å². The summed E-state index contributed by atoms with van der Waals surface area (Å²) in [6.45, 7) is 0.544. The third-order valence-corrected chi connectivity index (χ3v) is 3.64. The molecule has 1 saturated carbocycles. The largest absolute Gasteiger partial charge is 0.461 e. The molecule has 0 aliphatic heterocycles. The Morgan fingerprint density at radius 2 is 2.21 bits per heavy atom. The quantitative estimate of drug-likeness (QED) is 0.780. The summed E-state index contributed by atoms with van der Waals surface area (Å²) in [5, 5.41) is 0. The fraction of sp³-hybridized carbons (Fsp3) is 0.267. The summed E-state index contributed by atoms with van der Waals surface area (Å²) < 4.78 is 7.82. The molecule has 0 atom stereocenters. The summed E-state index contributed by atoms with van der Waals surface area (Å²) in [4.78, 5) is 4.74. The normalized spacial score (nSPS) is 15.2. The number of rotatable bonds is 3. The first-order valence-electron chi connectivity index (χ1n) is 6.61. The van der Waals surface area contributed by atoms with E-state index in [1.165, 1.54) is 18.4 Å². The van der Waals surface area contributed by atoms with E-state index < -0.39 is 0 Å². The van der Waals surface area contributed by atoms with Crippen LogP contribution in [0.5, 0.6) is 0 Å². The van der Waals surface area contributed by atoms with Crippen LogP contribution in [-0.4, -0.2) is 9.55 Å². The summed E-state index contributed by atoms with van der Waals surface area (Å²) in [5.74, 6) is 1.76. The molecule has 1 fully saturated rings. The summed E-state index contributed by atoms with van der Waals surface area (Å²) in [6, 6.07) is 10.7. The van der Waals surface area contributed by atoms with Crippen molar-refractivity contribution in [3.8, 4) is 11.6 Å². The lowest BCUT2D eigenvalue weighted by Gasteiger charge is -2.05. The van der Waals surface area contributed by atoms with Gasteiger partial charge in [-0.15, -0.1) is 0 Å². The Kier molecular flexibility index (Phi) is 2.26. The Morgan fingerprint density at radius 3 is 2.89 bits per heavy atom. The number of benzene rings is 1. The van der Waals surface area contributed by atoms with Crippen molar-refractivity contribution in [1.29, 1.82) is 0 Å². The number of hydrogen-bond acceptors (Lipinski definition) is 3. The van der Waals surface area contributed by atoms with Crippen molar-refractivity contribution >= 4 is 11.0 Å². The SMILES string of the molecule is NCc1ccc2c(c1)nc(-c1ccco1)n2C1CC1. The van der Waals surface area contributed by atoms with Crippen molar-refractivity contribution in [2.24, 2.45) is 5.73 Å². The van der Waals surface area contributed by atoms with Crippen molar-refractivity contribution in [3.05, 3.63) is 42.2 Å². The average molecular weight is 253 g/mol. The van der Waals surface area contributed by atoms with E-state index >= 15 is 0 Å². The highest BCUT2D eigenvalue weighted by Crippen LogP contribution is 2.41. The average Bonchev–Trinajstić information content (AvgIpc) is 3.01. The summed E-state index contributed by atoms with van der Waals surface area (Å²) >= 11 is 0. The summed E-state index contributed by atoms with van der Waals surface area (Å²) in [5.41, 5.74) is 8.98. The second-order valence-corrected chi connectivity index (χ2v) is 5.04. The van der Waals surface area contributed by atoms with Gasteiger partial charge in [-0.1, -0.05) is 6.07 Å². The molecule has 3 aromatic rings. The Hall–Kier alpha value is -2.07. The van der Waals surface area contributed by atoms with E-state index in [1.807, 2.05) is 12.1 Å². The molecule has 2 aromatic heterocycles. The van der Waals surface area contributed by atoms with E-state index in [0.717, 1.165) is 22.7 Å². The van der Waals surface area contributed by atoms with Gasteiger partial charge in [-0.05, 0) is 42.7 Å². The van der Waals surface area contributed by atoms with Crippen LogP contribution in [0.4, 0.5) is 0 Å². The van der Waals surface area contributed by atoms with Crippen LogP contribution in [0.3, 0.4) is 0 Å². The first-order valence-corrected chi connectivity index (χ1v) is 6.61. The minimum atomic E-state index is 0.544. The van der Waals surface area contributed by atoms with Gasteiger partial charge in [-0.2, -0.15) is 0 Å². The topological polar surface area (TPSA) is 57.0 Å². The molecular weight excluding hydrogens is 238 g/mol. The lowest BCUT2D eigenvalue weighted by molar-refractivity contribution is 0.570. The van der Waals surface area contributed by atoms with Crippen molar-refractivity contribution in [1.82, 2.24) is 9.55 Å². The molecule has 0 bridgehead atoms. The van der Waals surface area contributed by atoms with Gasteiger partial charge in [0.25, 0.3) is 0 Å². The van der Waals surface area contributed by atoms with E-state index in [2.05, 4.69) is 22.8 Å². The zero-order chi connectivity index (χ0) is 12.8. The van der Waals surface area contributed by atoms with E-state index in [9.17, 15) is 0 Å². The lowest BCUT2D eigenvalue weighted by Crippen LogP contribution is -1.97. The van der Waals surface area contributed by atoms with Crippen molar-refractivity contribution < 1.29 is 4.42 Å². The van der Waals surface area contributed by atoms with Crippen LogP contribution in [0.15, 0.2) is 41.0 Å². The van der Waals surface area contributed by atoms with Crippen LogP contribution < -0.4 is 5.73 Å². The summed E-state index contributed by atoms with van der Waals surface area (Å²) in [6.07, 6.45) is 4.13. The predicted molar refractivity (Wildman–Crippen MR) is 73.6 cm³/mol. The number of imidazole rings is 1. The van der Waals surface area contributed by atoms with Gasteiger partial charge in [-0.25, -0.2) is 4.98 Å². The molecule has 0 radical (unpaired) electrons. The Balaban J connectivity index is 1.98. The first-order chi connectivity index (χ1) is 9.36. The highest BCUT2D eigenvalue weighted by atomic mass is 16.3.